The molecular formula is C89H100N14O9. The summed E-state index contributed by atoms with van der Waals surface area (Å²) < 4.78 is 32.5. The van der Waals surface area contributed by atoms with E-state index >= 15 is 0 Å². The number of para-hydroxylation sites is 6. The molecule has 0 aliphatic heterocycles. The van der Waals surface area contributed by atoms with E-state index in [0.29, 0.717) is 76.8 Å². The second kappa shape index (κ2) is 45.1. The number of hydrogen-bond donors (Lipinski definition) is 8. The van der Waals surface area contributed by atoms with Crippen LogP contribution in [0.1, 0.15) is 125 Å². The molecule has 0 radical (unpaired) electrons. The summed E-state index contributed by atoms with van der Waals surface area (Å²) in [4.78, 5) is 50.9. The molecule has 3 aliphatic carbocycles. The number of hydrogen-bond acceptors (Lipinski definition) is 17. The van der Waals surface area contributed by atoms with Crippen LogP contribution in [0.15, 0.2) is 270 Å². The van der Waals surface area contributed by atoms with Crippen LogP contribution in [-0.4, -0.2) is 109 Å². The SMILES string of the molecule is CN.CN=C(NC#N)NC1CCC(CNC(=O)c2ccccc2OC)(c2ccccc2)CC1.COc1ccccc1C(=O)NCC1(c2ccccc2)CCC(N)CC1.COc1ccccc1C(=O)NCC1(c2ccccc2)CCC(N=C(NC#N)Oc2ccccc2)CC1.N#CN=C(Oc1ccccc1)Oc1ccccc1. The Kier molecular flexibility index (Phi) is 34.1. The smallest absolute Gasteiger partial charge is 0.410 e. The van der Waals surface area contributed by atoms with Crippen LogP contribution in [0.2, 0.25) is 0 Å². The largest absolute Gasteiger partial charge is 0.496 e. The lowest BCUT2D eigenvalue weighted by atomic mass is 9.68. The fraction of sp³-hybridized carbons (Fsp3) is 0.292. The van der Waals surface area contributed by atoms with Crippen molar-refractivity contribution >= 4 is 35.8 Å². The summed E-state index contributed by atoms with van der Waals surface area (Å²) in [5.41, 5.74) is 15.5. The van der Waals surface area contributed by atoms with E-state index in [1.807, 2.05) is 164 Å². The maximum atomic E-state index is 13.0. The molecule has 0 aromatic heterocycles. The summed E-state index contributed by atoms with van der Waals surface area (Å²) >= 11 is 0. The number of benzene rings is 9. The summed E-state index contributed by atoms with van der Waals surface area (Å²) in [5.74, 6) is 3.56. The number of amidine groups is 1. The van der Waals surface area contributed by atoms with Gasteiger partial charge in [-0.15, -0.1) is 0 Å². The number of ether oxygens (including phenoxy) is 6. The lowest BCUT2D eigenvalue weighted by molar-refractivity contribution is 0.0924. The van der Waals surface area contributed by atoms with Gasteiger partial charge >= 0.3 is 12.1 Å². The Morgan fingerprint density at radius 1 is 0.429 bits per heavy atom. The third-order valence-corrected chi connectivity index (χ3v) is 20.0. The van der Waals surface area contributed by atoms with Crippen molar-refractivity contribution in [1.82, 2.24) is 31.9 Å². The van der Waals surface area contributed by atoms with E-state index in [-0.39, 0.29) is 64.2 Å². The number of nitrogens with two attached hydrogens (primary N) is 2. The molecule has 12 rings (SSSR count). The van der Waals surface area contributed by atoms with Gasteiger partial charge in [0.05, 0.1) is 44.1 Å². The highest BCUT2D eigenvalue weighted by molar-refractivity contribution is 5.98. The Morgan fingerprint density at radius 2 is 0.741 bits per heavy atom. The molecule has 0 saturated heterocycles. The third kappa shape index (κ3) is 25.0. The molecule has 112 heavy (non-hydrogen) atoms. The third-order valence-electron chi connectivity index (χ3n) is 20.0. The Labute approximate surface area is 657 Å². The van der Waals surface area contributed by atoms with Crippen molar-refractivity contribution in [2.75, 3.05) is 55.1 Å². The monoisotopic (exact) mass is 1510 g/mol. The highest BCUT2D eigenvalue weighted by Gasteiger charge is 2.40. The second-order valence-corrected chi connectivity index (χ2v) is 26.8. The molecule has 3 amide bonds. The molecule has 3 saturated carbocycles. The predicted octanol–water partition coefficient (Wildman–Crippen LogP) is 13.6. The van der Waals surface area contributed by atoms with E-state index < -0.39 is 0 Å². The molecule has 10 N–H and O–H groups in total. The Balaban J connectivity index is 0.000000191. The molecule has 23 heteroatoms. The van der Waals surface area contributed by atoms with Gasteiger partial charge in [-0.1, -0.05) is 187 Å². The molecule has 0 unspecified atom stereocenters. The van der Waals surface area contributed by atoms with Crippen LogP contribution < -0.4 is 71.8 Å². The van der Waals surface area contributed by atoms with Crippen molar-refractivity contribution in [3.05, 3.63) is 288 Å². The Hall–Kier alpha value is -13.0. The Morgan fingerprint density at radius 3 is 1.07 bits per heavy atom. The van der Waals surface area contributed by atoms with Crippen LogP contribution in [0.4, 0.5) is 0 Å². The number of methoxy groups -OCH3 is 3. The van der Waals surface area contributed by atoms with E-state index in [4.69, 9.17) is 54.9 Å². The normalized spacial score (nSPS) is 18.7. The second-order valence-electron chi connectivity index (χ2n) is 26.8. The minimum absolute atomic E-state index is 0.00585. The minimum atomic E-state index is -0.214. The fourth-order valence-electron chi connectivity index (χ4n) is 14.0. The van der Waals surface area contributed by atoms with Gasteiger partial charge in [0.1, 0.15) is 34.5 Å². The number of carbonyl (C=O) groups is 3. The zero-order valence-corrected chi connectivity index (χ0v) is 64.1. The topological polar surface area (TPSA) is 339 Å². The van der Waals surface area contributed by atoms with E-state index in [1.165, 1.54) is 23.7 Å². The maximum absolute atomic E-state index is 13.0. The molecule has 9 aromatic rings. The number of aliphatic imine (C=N–C) groups is 3. The molecule has 3 aliphatic rings. The fourth-order valence-corrected chi connectivity index (χ4v) is 14.0. The number of nitriles is 3. The molecule has 580 valence electrons. The van der Waals surface area contributed by atoms with Gasteiger partial charge in [0.2, 0.25) is 12.2 Å². The molecule has 9 aromatic carbocycles. The first kappa shape index (κ1) is 84.6. The molecule has 0 spiro atoms. The molecule has 0 heterocycles. The van der Waals surface area contributed by atoms with Gasteiger partial charge in [0.25, 0.3) is 17.7 Å². The van der Waals surface area contributed by atoms with Crippen molar-refractivity contribution in [3.8, 4) is 53.1 Å². The van der Waals surface area contributed by atoms with E-state index in [0.717, 1.165) is 77.0 Å². The van der Waals surface area contributed by atoms with Crippen LogP contribution in [0, 0.1) is 34.4 Å². The number of nitrogens with zero attached hydrogens (tertiary/aromatic N) is 6. The first-order valence-corrected chi connectivity index (χ1v) is 37.3. The number of carbonyl (C=O) groups excluding carboxylic acids is 3. The van der Waals surface area contributed by atoms with Crippen molar-refractivity contribution in [3.63, 3.8) is 0 Å². The zero-order chi connectivity index (χ0) is 79.7. The van der Waals surface area contributed by atoms with Crippen molar-refractivity contribution in [1.29, 1.82) is 15.8 Å². The highest BCUT2D eigenvalue weighted by Crippen LogP contribution is 2.43. The molecular weight excluding hydrogens is 1410 g/mol. The standard InChI is InChI=1S/C29H30N4O3.C24H29N5O2.C21H26N2O2.C14H10N2O2.CH5N/c1-35-26-15-9-8-14-25(26)27(34)31-20-29(22-10-4-2-5-11-22)18-16-23(17-19-29)33-28(32-21-30)36-24-12-6-3-7-13-24;1-26-23(28-17-25)29-19-12-14-24(15-13-19,18-8-4-3-5-9-18)16-27-22(30)20-10-6-7-11-21(20)31-2;1-25-19-10-6-5-9-18(19)20(24)23-15-21(13-11-17(22)12-14-21)16-7-3-2-4-8-16;15-11-16-14(17-12-7-3-1-4-8-12)18-13-9-5-2-6-10-13;1-2/h2-15,23H,16-20H2,1H3,(H,31,34)(H,32,33);3-11,19H,12-16H2,1-2H3,(H,27,30)(H2,26,28,29);2-10,17H,11-15,22H2,1H3,(H,23,24);1-10H;2H2,1H3. The van der Waals surface area contributed by atoms with E-state index in [2.05, 4.69) is 96.2 Å². The quantitative estimate of drug-likeness (QED) is 0.0152. The average Bonchev–Trinajstić information content (AvgIpc) is 0.802. The summed E-state index contributed by atoms with van der Waals surface area (Å²) in [6.45, 7) is 1.67. The Bertz CT molecular complexity index is 4530. The number of nitrogens with one attached hydrogen (secondary N) is 6. The van der Waals surface area contributed by atoms with E-state index in [1.54, 1.807) is 89.2 Å². The van der Waals surface area contributed by atoms with Crippen molar-refractivity contribution in [2.24, 2.45) is 26.4 Å². The zero-order valence-electron chi connectivity index (χ0n) is 64.1. The van der Waals surface area contributed by atoms with Gasteiger partial charge in [-0.3, -0.25) is 24.7 Å². The summed E-state index contributed by atoms with van der Waals surface area (Å²) in [7, 11) is 7.87. The maximum Gasteiger partial charge on any atom is 0.410 e. The van der Waals surface area contributed by atoms with Gasteiger partial charge < -0.3 is 61.2 Å². The van der Waals surface area contributed by atoms with Crippen LogP contribution in [0.3, 0.4) is 0 Å². The number of rotatable bonds is 20. The van der Waals surface area contributed by atoms with Crippen LogP contribution in [0.5, 0.6) is 34.5 Å². The van der Waals surface area contributed by atoms with Crippen LogP contribution >= 0.6 is 0 Å². The van der Waals surface area contributed by atoms with Gasteiger partial charge in [-0.05, 0) is 174 Å². The number of guanidine groups is 1. The predicted molar refractivity (Wildman–Crippen MR) is 437 cm³/mol. The summed E-state index contributed by atoms with van der Waals surface area (Å²) in [5, 5.41) is 44.5. The first-order valence-electron chi connectivity index (χ1n) is 37.3. The lowest BCUT2D eigenvalue weighted by Gasteiger charge is -2.41. The molecule has 0 bridgehead atoms. The van der Waals surface area contributed by atoms with Crippen LogP contribution in [-0.2, 0) is 16.2 Å². The number of amides is 3. The lowest BCUT2D eigenvalue weighted by Crippen LogP contribution is -2.49. The van der Waals surface area contributed by atoms with Gasteiger partial charge in [-0.25, -0.2) is 10.3 Å². The summed E-state index contributed by atoms with van der Waals surface area (Å²) in [6.07, 6.45) is 16.2. The average molecular weight is 1510 g/mol. The highest BCUT2D eigenvalue weighted by atomic mass is 16.7. The first-order chi connectivity index (χ1) is 54.8. The molecule has 0 atom stereocenters. The van der Waals surface area contributed by atoms with Crippen molar-refractivity contribution in [2.45, 2.75) is 111 Å². The van der Waals surface area contributed by atoms with Gasteiger partial charge in [0.15, 0.2) is 12.4 Å². The molecule has 3 fully saturated rings. The van der Waals surface area contributed by atoms with Crippen molar-refractivity contribution < 1.29 is 42.8 Å². The van der Waals surface area contributed by atoms with Gasteiger partial charge in [-0.2, -0.15) is 15.8 Å². The van der Waals surface area contributed by atoms with E-state index in [9.17, 15) is 14.4 Å². The van der Waals surface area contributed by atoms with Gasteiger partial charge in [0, 0.05) is 55.0 Å². The minimum Gasteiger partial charge on any atom is -0.496 e. The molecule has 23 nitrogen and oxygen atoms in total. The van der Waals surface area contributed by atoms with Crippen LogP contribution in [0.25, 0.3) is 0 Å². The summed E-state index contributed by atoms with van der Waals surface area (Å²) in [6, 6.07) is 81.0.